The molecule has 39 heavy (non-hydrogen) atoms. The molecule has 2 aromatic rings. The molecule has 0 aromatic heterocycles. The van der Waals surface area contributed by atoms with E-state index in [-0.39, 0.29) is 31.1 Å². The maximum Gasteiger partial charge on any atom is 0.367 e. The highest BCUT2D eigenvalue weighted by Gasteiger charge is 2.46. The molecule has 10 nitrogen and oxygen atoms in total. The Labute approximate surface area is 227 Å². The minimum atomic E-state index is -4.25. The predicted molar refractivity (Wildman–Crippen MR) is 143 cm³/mol. The van der Waals surface area contributed by atoms with Crippen molar-refractivity contribution in [2.75, 3.05) is 13.2 Å². The van der Waals surface area contributed by atoms with Gasteiger partial charge in [0.15, 0.2) is 6.10 Å². The molecule has 1 aliphatic heterocycles. The molecule has 2 aromatic carbocycles. The lowest BCUT2D eigenvalue weighted by Crippen LogP contribution is -2.55. The van der Waals surface area contributed by atoms with Gasteiger partial charge in [0, 0.05) is 6.92 Å². The van der Waals surface area contributed by atoms with Crippen molar-refractivity contribution in [3.05, 3.63) is 109 Å². The minimum absolute atomic E-state index is 0.0574. The fourth-order valence-corrected chi connectivity index (χ4v) is 5.05. The van der Waals surface area contributed by atoms with E-state index in [1.807, 2.05) is 30.3 Å². The van der Waals surface area contributed by atoms with Crippen molar-refractivity contribution in [3.8, 4) is 0 Å². The van der Waals surface area contributed by atoms with Gasteiger partial charge in [0.2, 0.25) is 18.0 Å². The first kappa shape index (κ1) is 30.0. The second-order valence-corrected chi connectivity index (χ2v) is 10.5. The summed E-state index contributed by atoms with van der Waals surface area (Å²) < 4.78 is 41.7. The molecule has 0 bridgehead atoms. The van der Waals surface area contributed by atoms with Crippen molar-refractivity contribution in [2.24, 2.45) is 0 Å². The van der Waals surface area contributed by atoms with Gasteiger partial charge in [-0.15, -0.1) is 13.2 Å². The van der Waals surface area contributed by atoms with E-state index in [0.717, 1.165) is 5.56 Å². The largest absolute Gasteiger partial charge is 0.464 e. The molecule has 1 aliphatic rings. The number of ether oxygens (including phenoxy) is 3. The summed E-state index contributed by atoms with van der Waals surface area (Å²) >= 11 is 0. The average Bonchev–Trinajstić information content (AvgIpc) is 2.95. The molecular formula is C28H32NO9P. The molecule has 208 valence electrons. The lowest BCUT2D eigenvalue weighted by atomic mass is 10.1. The molecule has 1 amide bonds. The molecule has 1 unspecified atom stereocenters. The molecule has 4 atom stereocenters. The number of carbonyl (C=O) groups excluding carboxylic acids is 2. The summed E-state index contributed by atoms with van der Waals surface area (Å²) in [6.45, 7) is 8.02. The van der Waals surface area contributed by atoms with Crippen molar-refractivity contribution in [1.29, 1.82) is 0 Å². The number of hydrogen-bond acceptors (Lipinski definition) is 9. The predicted octanol–water partition coefficient (Wildman–Crippen LogP) is 4.09. The summed E-state index contributed by atoms with van der Waals surface area (Å²) in [6.07, 6.45) is 1.49. The van der Waals surface area contributed by atoms with Crippen LogP contribution in [0.5, 0.6) is 0 Å². The van der Waals surface area contributed by atoms with E-state index in [0.29, 0.717) is 0 Å². The molecule has 11 heteroatoms. The van der Waals surface area contributed by atoms with Crippen LogP contribution >= 0.6 is 7.60 Å². The van der Waals surface area contributed by atoms with E-state index in [9.17, 15) is 19.3 Å². The lowest BCUT2D eigenvalue weighted by molar-refractivity contribution is -0.175. The number of aliphatic hydroxyl groups is 1. The van der Waals surface area contributed by atoms with Crippen LogP contribution in [0.1, 0.15) is 22.8 Å². The Hall–Kier alpha value is -3.53. The zero-order valence-electron chi connectivity index (χ0n) is 21.5. The standard InChI is InChI=1S/C28H32NO9P/c1-4-16-35-39(33,36-17-5-2)27(32)24-18-23(37-26(31)22-14-10-7-11-15-22)25(29-20(3)30)28(38-24)34-19-21-12-8-6-9-13-21/h4-15,18,23,25,27-28,32H,1-2,16-17,19H2,3H3,(H,29,30)/t23-,25+,27?,28+/m0/s1. The van der Waals surface area contributed by atoms with Crippen molar-refractivity contribution in [1.82, 2.24) is 5.32 Å². The van der Waals surface area contributed by atoms with E-state index in [4.69, 9.17) is 23.3 Å². The maximum absolute atomic E-state index is 13.5. The Morgan fingerprint density at radius 2 is 1.64 bits per heavy atom. The molecule has 2 N–H and O–H groups in total. The minimum Gasteiger partial charge on any atom is -0.464 e. The van der Waals surface area contributed by atoms with Gasteiger partial charge in [-0.05, 0) is 23.8 Å². The fourth-order valence-electron chi connectivity index (χ4n) is 3.61. The van der Waals surface area contributed by atoms with E-state index in [1.165, 1.54) is 25.2 Å². The summed E-state index contributed by atoms with van der Waals surface area (Å²) in [5.41, 5.74) is 1.06. The van der Waals surface area contributed by atoms with Crippen LogP contribution in [0, 0.1) is 0 Å². The Balaban J connectivity index is 1.98. The number of benzene rings is 2. The number of nitrogens with one attached hydrogen (secondary N) is 1. The van der Waals surface area contributed by atoms with Gasteiger partial charge in [-0.3, -0.25) is 9.36 Å². The highest BCUT2D eigenvalue weighted by Crippen LogP contribution is 2.55. The van der Waals surface area contributed by atoms with E-state index in [2.05, 4.69) is 18.5 Å². The van der Waals surface area contributed by atoms with Crippen LogP contribution in [-0.2, 0) is 39.2 Å². The van der Waals surface area contributed by atoms with Crippen LogP contribution in [0.25, 0.3) is 0 Å². The quantitative estimate of drug-likeness (QED) is 0.200. The van der Waals surface area contributed by atoms with E-state index < -0.39 is 43.8 Å². The number of carbonyl (C=O) groups is 2. The van der Waals surface area contributed by atoms with Crippen molar-refractivity contribution >= 4 is 19.5 Å². The molecule has 1 heterocycles. The van der Waals surface area contributed by atoms with Crippen molar-refractivity contribution in [2.45, 2.75) is 37.8 Å². The monoisotopic (exact) mass is 557 g/mol. The molecular weight excluding hydrogens is 525 g/mol. The highest BCUT2D eigenvalue weighted by molar-refractivity contribution is 7.54. The van der Waals surface area contributed by atoms with Crippen LogP contribution in [0.15, 0.2) is 97.8 Å². The van der Waals surface area contributed by atoms with Crippen LogP contribution in [0.2, 0.25) is 0 Å². The molecule has 0 aliphatic carbocycles. The third-order valence-electron chi connectivity index (χ3n) is 5.41. The second-order valence-electron chi connectivity index (χ2n) is 8.40. The van der Waals surface area contributed by atoms with Crippen LogP contribution in [0.4, 0.5) is 0 Å². The van der Waals surface area contributed by atoms with E-state index in [1.54, 1.807) is 30.3 Å². The smallest absolute Gasteiger partial charge is 0.367 e. The topological polar surface area (TPSA) is 130 Å². The Morgan fingerprint density at radius 1 is 1.05 bits per heavy atom. The molecule has 0 radical (unpaired) electrons. The summed E-state index contributed by atoms with van der Waals surface area (Å²) in [6, 6.07) is 16.4. The number of aliphatic hydroxyl groups excluding tert-OH is 1. The number of rotatable bonds is 14. The molecule has 3 rings (SSSR count). The number of amides is 1. The Kier molecular flexibility index (Phi) is 11.2. The van der Waals surface area contributed by atoms with Gasteiger partial charge in [-0.2, -0.15) is 0 Å². The first-order valence-corrected chi connectivity index (χ1v) is 13.7. The van der Waals surface area contributed by atoms with E-state index >= 15 is 0 Å². The van der Waals surface area contributed by atoms with Gasteiger partial charge >= 0.3 is 13.6 Å². The Morgan fingerprint density at radius 3 is 2.21 bits per heavy atom. The van der Waals surface area contributed by atoms with Crippen LogP contribution in [0.3, 0.4) is 0 Å². The number of esters is 1. The first-order chi connectivity index (χ1) is 18.8. The van der Waals surface area contributed by atoms with Crippen LogP contribution in [-0.4, -0.2) is 54.5 Å². The molecule has 0 saturated carbocycles. The van der Waals surface area contributed by atoms with Gasteiger partial charge in [-0.1, -0.05) is 60.7 Å². The molecule has 0 fully saturated rings. The Bertz CT molecular complexity index is 1190. The normalized spacial score (nSPS) is 19.6. The first-order valence-electron chi connectivity index (χ1n) is 12.1. The van der Waals surface area contributed by atoms with Crippen molar-refractivity contribution in [3.63, 3.8) is 0 Å². The summed E-state index contributed by atoms with van der Waals surface area (Å²) in [5, 5.41) is 13.8. The zero-order chi connectivity index (χ0) is 28.3. The van der Waals surface area contributed by atoms with Gasteiger partial charge in [0.25, 0.3) is 0 Å². The zero-order valence-corrected chi connectivity index (χ0v) is 22.4. The lowest BCUT2D eigenvalue weighted by Gasteiger charge is -2.38. The van der Waals surface area contributed by atoms with Gasteiger partial charge < -0.3 is 33.7 Å². The molecule has 0 saturated heterocycles. The van der Waals surface area contributed by atoms with Gasteiger partial charge in [-0.25, -0.2) is 4.79 Å². The summed E-state index contributed by atoms with van der Waals surface area (Å²) in [7, 11) is -4.25. The van der Waals surface area contributed by atoms with Gasteiger partial charge in [0.1, 0.15) is 11.8 Å². The second kappa shape index (κ2) is 14.6. The average molecular weight is 558 g/mol. The fraction of sp³-hybridized carbons (Fsp3) is 0.286. The highest BCUT2D eigenvalue weighted by atomic mass is 31.2. The third kappa shape index (κ3) is 8.48. The summed E-state index contributed by atoms with van der Waals surface area (Å²) in [4.78, 5) is 25.1. The maximum atomic E-state index is 13.5. The SMILES string of the molecule is C=CCOP(=O)(OCC=C)C(O)C1=C[C@H](OC(=O)c2ccccc2)[C@@H](NC(C)=O)[C@H](OCc2ccccc2)O1. The third-order valence-corrected chi connectivity index (χ3v) is 7.28. The van der Waals surface area contributed by atoms with Crippen LogP contribution < -0.4 is 5.32 Å². The van der Waals surface area contributed by atoms with Gasteiger partial charge in [0.05, 0.1) is 25.4 Å². The summed E-state index contributed by atoms with van der Waals surface area (Å²) in [5.74, 6) is -3.34. The molecule has 0 spiro atoms. The van der Waals surface area contributed by atoms with Crippen molar-refractivity contribution < 1.29 is 42.5 Å². The number of hydrogen-bond donors (Lipinski definition) is 2.